The van der Waals surface area contributed by atoms with Gasteiger partial charge in [-0.05, 0) is 24.5 Å². The van der Waals surface area contributed by atoms with Gasteiger partial charge in [0, 0.05) is 42.7 Å². The molecular weight excluding hydrogens is 253 g/mol. The zero-order valence-electron chi connectivity index (χ0n) is 11.4. The van der Waals surface area contributed by atoms with E-state index in [1.54, 1.807) is 12.1 Å². The predicted molar refractivity (Wildman–Crippen MR) is 74.9 cm³/mol. The molecule has 1 fully saturated rings. The summed E-state index contributed by atoms with van der Waals surface area (Å²) in [5.41, 5.74) is 3.50. The maximum absolute atomic E-state index is 14.0. The van der Waals surface area contributed by atoms with Gasteiger partial charge >= 0.3 is 0 Å². The molecule has 0 spiro atoms. The van der Waals surface area contributed by atoms with Crippen LogP contribution in [-0.2, 0) is 18.4 Å². The van der Waals surface area contributed by atoms with E-state index < -0.39 is 0 Å². The fourth-order valence-corrected chi connectivity index (χ4v) is 3.40. The van der Waals surface area contributed by atoms with Crippen LogP contribution < -0.4 is 0 Å². The first-order valence-electron chi connectivity index (χ1n) is 7.25. The molecule has 1 N–H and O–H groups in total. The molecule has 0 bridgehead atoms. The summed E-state index contributed by atoms with van der Waals surface area (Å²) in [5.74, 6) is -0.0500. The largest absolute Gasteiger partial charge is 0.298 e. The Morgan fingerprint density at radius 3 is 2.95 bits per heavy atom. The Morgan fingerprint density at radius 2 is 2.15 bits per heavy atom. The highest BCUT2D eigenvalue weighted by Gasteiger charge is 2.47. The third-order valence-electron chi connectivity index (χ3n) is 4.70. The molecule has 4 rings (SSSR count). The van der Waals surface area contributed by atoms with E-state index in [9.17, 15) is 4.39 Å². The lowest BCUT2D eigenvalue weighted by Crippen LogP contribution is -2.36. The maximum atomic E-state index is 14.0. The lowest BCUT2D eigenvalue weighted by molar-refractivity contribution is 0.228. The highest BCUT2D eigenvalue weighted by Crippen LogP contribution is 2.49. The molecule has 0 atom stereocenters. The molecule has 1 aliphatic heterocycles. The van der Waals surface area contributed by atoms with E-state index in [0.717, 1.165) is 44.5 Å². The van der Waals surface area contributed by atoms with Crippen molar-refractivity contribution in [1.82, 2.24) is 15.1 Å². The van der Waals surface area contributed by atoms with Crippen molar-refractivity contribution >= 4 is 0 Å². The van der Waals surface area contributed by atoms with Crippen molar-refractivity contribution in [2.24, 2.45) is 0 Å². The van der Waals surface area contributed by atoms with Crippen molar-refractivity contribution < 1.29 is 4.39 Å². The Balaban J connectivity index is 1.54. The van der Waals surface area contributed by atoms with E-state index in [0.29, 0.717) is 0 Å². The average molecular weight is 271 g/mol. The van der Waals surface area contributed by atoms with Gasteiger partial charge in [0.15, 0.2) is 0 Å². The van der Waals surface area contributed by atoms with Crippen molar-refractivity contribution in [3.63, 3.8) is 0 Å². The molecule has 0 saturated heterocycles. The quantitative estimate of drug-likeness (QED) is 0.930. The Kier molecular flexibility index (Phi) is 2.67. The van der Waals surface area contributed by atoms with Crippen LogP contribution in [0.2, 0.25) is 0 Å². The molecule has 104 valence electrons. The Labute approximate surface area is 117 Å². The van der Waals surface area contributed by atoms with Crippen molar-refractivity contribution in [1.29, 1.82) is 0 Å². The van der Waals surface area contributed by atoms with E-state index in [4.69, 9.17) is 0 Å². The molecule has 0 unspecified atom stereocenters. The Bertz CT molecular complexity index is 630. The summed E-state index contributed by atoms with van der Waals surface area (Å²) in [4.78, 5) is 2.44. The topological polar surface area (TPSA) is 31.9 Å². The van der Waals surface area contributed by atoms with Crippen LogP contribution in [0.1, 0.15) is 29.7 Å². The Hall–Kier alpha value is -1.68. The zero-order chi connectivity index (χ0) is 13.6. The minimum Gasteiger partial charge on any atom is -0.298 e. The second-order valence-electron chi connectivity index (χ2n) is 6.09. The minimum absolute atomic E-state index is 0.0482. The van der Waals surface area contributed by atoms with Gasteiger partial charge in [0.2, 0.25) is 0 Å². The number of nitrogens with zero attached hydrogens (tertiary/aromatic N) is 2. The summed E-state index contributed by atoms with van der Waals surface area (Å²) in [5, 5.41) is 7.17. The molecule has 20 heavy (non-hydrogen) atoms. The van der Waals surface area contributed by atoms with E-state index in [1.165, 1.54) is 11.3 Å². The van der Waals surface area contributed by atoms with E-state index in [-0.39, 0.29) is 11.2 Å². The number of aromatic amines is 1. The normalized spacial score (nSPS) is 20.6. The third-order valence-corrected chi connectivity index (χ3v) is 4.70. The summed E-state index contributed by atoms with van der Waals surface area (Å²) in [7, 11) is 0. The molecular formula is C16H18FN3. The molecule has 1 aliphatic carbocycles. The van der Waals surface area contributed by atoms with Crippen LogP contribution in [0.15, 0.2) is 30.5 Å². The fraction of sp³-hybridized carbons (Fsp3) is 0.438. The summed E-state index contributed by atoms with van der Waals surface area (Å²) in [6.07, 6.45) is 5.14. The first kappa shape index (κ1) is 12.1. The van der Waals surface area contributed by atoms with Gasteiger partial charge in [-0.1, -0.05) is 18.2 Å². The molecule has 2 heterocycles. The van der Waals surface area contributed by atoms with E-state index >= 15 is 0 Å². The molecule has 3 nitrogen and oxygen atoms in total. The zero-order valence-corrected chi connectivity index (χ0v) is 11.4. The van der Waals surface area contributed by atoms with E-state index in [1.807, 2.05) is 18.3 Å². The van der Waals surface area contributed by atoms with Gasteiger partial charge in [-0.15, -0.1) is 0 Å². The monoisotopic (exact) mass is 271 g/mol. The van der Waals surface area contributed by atoms with Crippen molar-refractivity contribution in [2.75, 3.05) is 13.1 Å². The highest BCUT2D eigenvalue weighted by atomic mass is 19.1. The van der Waals surface area contributed by atoms with Crippen LogP contribution >= 0.6 is 0 Å². The van der Waals surface area contributed by atoms with Crippen LogP contribution in [0.5, 0.6) is 0 Å². The number of halogens is 1. The minimum atomic E-state index is -0.0500. The van der Waals surface area contributed by atoms with Crippen molar-refractivity contribution in [3.8, 4) is 0 Å². The van der Waals surface area contributed by atoms with Gasteiger partial charge in [-0.25, -0.2) is 4.39 Å². The first-order chi connectivity index (χ1) is 9.77. The smallest absolute Gasteiger partial charge is 0.127 e. The second-order valence-corrected chi connectivity index (χ2v) is 6.09. The summed E-state index contributed by atoms with van der Waals surface area (Å²) < 4.78 is 14.0. The van der Waals surface area contributed by atoms with Gasteiger partial charge in [-0.2, -0.15) is 5.10 Å². The summed E-state index contributed by atoms with van der Waals surface area (Å²) in [6.45, 7) is 2.92. The van der Waals surface area contributed by atoms with Crippen LogP contribution in [0, 0.1) is 5.82 Å². The lowest BCUT2D eigenvalue weighted by atomic mass is 9.93. The number of hydrogen-bond acceptors (Lipinski definition) is 2. The number of nitrogens with one attached hydrogen (secondary N) is 1. The van der Waals surface area contributed by atoms with Crippen LogP contribution in [0.3, 0.4) is 0 Å². The molecule has 1 aromatic carbocycles. The van der Waals surface area contributed by atoms with Gasteiger partial charge in [0.25, 0.3) is 0 Å². The summed E-state index contributed by atoms with van der Waals surface area (Å²) >= 11 is 0. The number of fused-ring (bicyclic) bond motifs is 1. The van der Waals surface area contributed by atoms with E-state index in [2.05, 4.69) is 15.1 Å². The second kappa shape index (κ2) is 4.42. The molecule has 2 aromatic rings. The number of H-pyrrole nitrogens is 1. The van der Waals surface area contributed by atoms with Crippen LogP contribution in [0.25, 0.3) is 0 Å². The maximum Gasteiger partial charge on any atom is 0.127 e. The van der Waals surface area contributed by atoms with Gasteiger partial charge in [0.05, 0.1) is 6.20 Å². The third kappa shape index (κ3) is 1.95. The first-order valence-corrected chi connectivity index (χ1v) is 7.25. The number of hydrogen-bond donors (Lipinski definition) is 1. The SMILES string of the molecule is Fc1ccccc1C1(CN2CCc3[nH]ncc3C2)CC1. The standard InChI is InChI=1S/C16H18FN3/c17-14-4-2-1-3-13(14)16(6-7-16)11-20-8-5-15-12(10-20)9-18-19-15/h1-4,9H,5-8,10-11H2,(H,18,19). The Morgan fingerprint density at radius 1 is 1.30 bits per heavy atom. The fourth-order valence-electron chi connectivity index (χ4n) is 3.40. The van der Waals surface area contributed by atoms with Crippen LogP contribution in [0.4, 0.5) is 4.39 Å². The molecule has 2 aliphatic rings. The number of rotatable bonds is 3. The highest BCUT2D eigenvalue weighted by molar-refractivity contribution is 5.33. The molecule has 1 aromatic heterocycles. The van der Waals surface area contributed by atoms with Gasteiger partial charge in [0.1, 0.15) is 5.82 Å². The molecule has 1 saturated carbocycles. The van der Waals surface area contributed by atoms with Crippen LogP contribution in [-0.4, -0.2) is 28.2 Å². The molecule has 4 heteroatoms. The number of aromatic nitrogens is 2. The summed E-state index contributed by atoms with van der Waals surface area (Å²) in [6, 6.07) is 7.26. The predicted octanol–water partition coefficient (Wildman–Crippen LogP) is 2.64. The lowest BCUT2D eigenvalue weighted by Gasteiger charge is -2.30. The van der Waals surface area contributed by atoms with Crippen molar-refractivity contribution in [2.45, 2.75) is 31.2 Å². The van der Waals surface area contributed by atoms with Crippen molar-refractivity contribution in [3.05, 3.63) is 53.1 Å². The molecule has 0 amide bonds. The van der Waals surface area contributed by atoms with Gasteiger partial charge < -0.3 is 0 Å². The molecule has 0 radical (unpaired) electrons. The number of benzene rings is 1. The average Bonchev–Trinajstić information content (AvgIpc) is 3.07. The van der Waals surface area contributed by atoms with Gasteiger partial charge in [-0.3, -0.25) is 10.00 Å².